The van der Waals surface area contributed by atoms with Crippen LogP contribution in [0.25, 0.3) is 32.7 Å². The Morgan fingerprint density at radius 2 is 0.759 bits per heavy atom. The predicted molar refractivity (Wildman–Crippen MR) is 228 cm³/mol. The third-order valence-corrected chi connectivity index (χ3v) is 12.0. The zero-order valence-corrected chi connectivity index (χ0v) is 33.6. The lowest BCUT2D eigenvalue weighted by atomic mass is 9.89. The quantitative estimate of drug-likeness (QED) is 0.0877. The lowest BCUT2D eigenvalue weighted by Crippen LogP contribution is -2.49. The molecule has 0 spiro atoms. The average Bonchev–Trinajstić information content (AvgIpc) is 3.23. The molecule has 6 rings (SSSR count). The summed E-state index contributed by atoms with van der Waals surface area (Å²) < 4.78 is 27.1. The molecule has 0 fully saturated rings. The van der Waals surface area contributed by atoms with Crippen LogP contribution in [0.3, 0.4) is 0 Å². The van der Waals surface area contributed by atoms with E-state index in [4.69, 9.17) is 18.9 Å². The average molecular weight is 727 g/mol. The van der Waals surface area contributed by atoms with Crippen LogP contribution in [-0.2, 0) is 13.2 Å². The summed E-state index contributed by atoms with van der Waals surface area (Å²) in [6.07, 6.45) is 0. The lowest BCUT2D eigenvalue weighted by molar-refractivity contribution is 0.269. The van der Waals surface area contributed by atoms with Crippen LogP contribution in [-0.4, -0.2) is 53.5 Å². The normalized spacial score (nSPS) is 11.9. The standard InChI is InChI=1S/C48H58N2O4/c1-9-49(10-2,11-3)43-31-37-19-15-17-21-41(37)45(47(43)53-33-35-23-27-39(51-7)28-24-35)46-42-22-18-16-20-38(42)32-44(50(12-4,13-5)14-6)48(46)54-34-36-25-29-40(52-8)30-26-36/h15-32H,9-14,33-34H2,1-8H3/q+2. The van der Waals surface area contributed by atoms with Crippen molar-refractivity contribution in [1.29, 1.82) is 0 Å². The summed E-state index contributed by atoms with van der Waals surface area (Å²) in [6.45, 7) is 20.2. The van der Waals surface area contributed by atoms with Crippen molar-refractivity contribution in [3.63, 3.8) is 0 Å². The molecule has 54 heavy (non-hydrogen) atoms. The fraction of sp³-hybridized carbons (Fsp3) is 0.333. The minimum atomic E-state index is 0.415. The van der Waals surface area contributed by atoms with Gasteiger partial charge in [-0.2, -0.15) is 0 Å². The van der Waals surface area contributed by atoms with E-state index in [-0.39, 0.29) is 0 Å². The van der Waals surface area contributed by atoms with E-state index in [0.29, 0.717) is 13.2 Å². The highest BCUT2D eigenvalue weighted by Gasteiger charge is 2.37. The Balaban J connectivity index is 1.74. The molecule has 0 aromatic heterocycles. The first kappa shape index (κ1) is 38.7. The molecule has 0 aliphatic rings. The molecular weight excluding hydrogens is 669 g/mol. The van der Waals surface area contributed by atoms with Gasteiger partial charge >= 0.3 is 0 Å². The molecule has 0 aliphatic heterocycles. The van der Waals surface area contributed by atoms with Gasteiger partial charge < -0.3 is 18.9 Å². The second-order valence-corrected chi connectivity index (χ2v) is 14.1. The van der Waals surface area contributed by atoms with E-state index in [2.05, 4.69) is 126 Å². The van der Waals surface area contributed by atoms with Gasteiger partial charge in [0.1, 0.15) is 24.7 Å². The van der Waals surface area contributed by atoms with E-state index in [9.17, 15) is 0 Å². The number of quaternary nitrogens is 2. The SMILES string of the molecule is CC[N+](CC)(CC)c1cc2ccccc2c(-c2c(OCc3ccc(OC)cc3)c([N+](CC)(CC)CC)cc3ccccc23)c1OCc1ccc(OC)cc1. The second kappa shape index (κ2) is 17.0. The molecule has 282 valence electrons. The Kier molecular flexibility index (Phi) is 12.2. The number of ether oxygens (including phenoxy) is 4. The highest BCUT2D eigenvalue weighted by Crippen LogP contribution is 2.54. The molecule has 0 radical (unpaired) electrons. The van der Waals surface area contributed by atoms with Gasteiger partial charge in [0, 0.05) is 23.3 Å². The Bertz CT molecular complexity index is 1990. The van der Waals surface area contributed by atoms with Crippen molar-refractivity contribution in [2.24, 2.45) is 0 Å². The molecule has 0 amide bonds. The van der Waals surface area contributed by atoms with Crippen LogP contribution in [0.4, 0.5) is 11.4 Å². The molecule has 6 aromatic rings. The van der Waals surface area contributed by atoms with Crippen molar-refractivity contribution in [3.05, 3.63) is 120 Å². The van der Waals surface area contributed by atoms with Crippen molar-refractivity contribution in [3.8, 4) is 34.1 Å². The molecule has 6 heteroatoms. The van der Waals surface area contributed by atoms with E-state index in [1.165, 1.54) is 22.1 Å². The van der Waals surface area contributed by atoms with Gasteiger partial charge in [-0.3, -0.25) is 8.97 Å². The first-order valence-corrected chi connectivity index (χ1v) is 19.7. The zero-order chi connectivity index (χ0) is 38.3. The summed E-state index contributed by atoms with van der Waals surface area (Å²) in [5.74, 6) is 3.48. The highest BCUT2D eigenvalue weighted by molar-refractivity contribution is 6.13. The Hall–Kier alpha value is -5.04. The molecule has 0 saturated carbocycles. The van der Waals surface area contributed by atoms with E-state index in [1.54, 1.807) is 14.2 Å². The third-order valence-electron chi connectivity index (χ3n) is 12.0. The van der Waals surface area contributed by atoms with Crippen LogP contribution in [0.2, 0.25) is 0 Å². The molecule has 0 bridgehead atoms. The number of methoxy groups -OCH3 is 2. The minimum absolute atomic E-state index is 0.415. The molecule has 0 unspecified atom stereocenters. The minimum Gasteiger partial charge on any atom is -0.497 e. The zero-order valence-electron chi connectivity index (χ0n) is 33.6. The van der Waals surface area contributed by atoms with Gasteiger partial charge in [0.05, 0.1) is 53.5 Å². The first-order chi connectivity index (χ1) is 26.3. The summed E-state index contributed by atoms with van der Waals surface area (Å²) in [6, 6.07) is 38.8. The van der Waals surface area contributed by atoms with Gasteiger partial charge in [0.25, 0.3) is 0 Å². The maximum atomic E-state index is 7.27. The van der Waals surface area contributed by atoms with Crippen LogP contribution in [0.15, 0.2) is 109 Å². The summed E-state index contributed by atoms with van der Waals surface area (Å²) in [5.41, 5.74) is 6.72. The fourth-order valence-corrected chi connectivity index (χ4v) is 8.24. The molecule has 0 N–H and O–H groups in total. The lowest BCUT2D eigenvalue weighted by Gasteiger charge is -2.38. The molecule has 6 nitrogen and oxygen atoms in total. The maximum Gasteiger partial charge on any atom is 0.189 e. The second-order valence-electron chi connectivity index (χ2n) is 14.1. The highest BCUT2D eigenvalue weighted by atomic mass is 16.5. The number of rotatable bonds is 17. The third kappa shape index (κ3) is 7.25. The maximum absolute atomic E-state index is 7.27. The fourth-order valence-electron chi connectivity index (χ4n) is 8.24. The summed E-state index contributed by atoms with van der Waals surface area (Å²) in [5, 5.41) is 4.67. The number of hydrogen-bond donors (Lipinski definition) is 0. The monoisotopic (exact) mass is 726 g/mol. The van der Waals surface area contributed by atoms with Crippen LogP contribution >= 0.6 is 0 Å². The van der Waals surface area contributed by atoms with Gasteiger partial charge in [-0.1, -0.05) is 72.8 Å². The summed E-state index contributed by atoms with van der Waals surface area (Å²) >= 11 is 0. The van der Waals surface area contributed by atoms with Gasteiger partial charge in [-0.05, 0) is 98.5 Å². The van der Waals surface area contributed by atoms with Crippen molar-refractivity contribution < 1.29 is 18.9 Å². The van der Waals surface area contributed by atoms with E-state index in [0.717, 1.165) is 104 Å². The Morgan fingerprint density at radius 3 is 1.07 bits per heavy atom. The number of nitrogens with zero attached hydrogens (tertiary/aromatic N) is 2. The molecule has 6 aromatic carbocycles. The molecule has 0 aliphatic carbocycles. The topological polar surface area (TPSA) is 36.9 Å². The first-order valence-electron chi connectivity index (χ1n) is 19.7. The predicted octanol–water partition coefficient (Wildman–Crippen LogP) is 11.6. The number of fused-ring (bicyclic) bond motifs is 2. The molecule has 0 atom stereocenters. The smallest absolute Gasteiger partial charge is 0.189 e. The molecule has 0 saturated heterocycles. The number of hydrogen-bond acceptors (Lipinski definition) is 4. The van der Waals surface area contributed by atoms with E-state index in [1.807, 2.05) is 24.3 Å². The van der Waals surface area contributed by atoms with E-state index < -0.39 is 0 Å². The van der Waals surface area contributed by atoms with Crippen molar-refractivity contribution >= 4 is 32.9 Å². The largest absolute Gasteiger partial charge is 0.497 e. The van der Waals surface area contributed by atoms with Crippen molar-refractivity contribution in [2.75, 3.05) is 53.5 Å². The van der Waals surface area contributed by atoms with Gasteiger partial charge in [0.2, 0.25) is 0 Å². The Morgan fingerprint density at radius 1 is 0.426 bits per heavy atom. The number of benzene rings is 6. The molecular formula is C48H58N2O4+2. The van der Waals surface area contributed by atoms with Crippen LogP contribution in [0.5, 0.6) is 23.0 Å². The van der Waals surface area contributed by atoms with E-state index >= 15 is 0 Å². The van der Waals surface area contributed by atoms with Gasteiger partial charge in [0.15, 0.2) is 22.9 Å². The van der Waals surface area contributed by atoms with Gasteiger partial charge in [-0.15, -0.1) is 0 Å². The van der Waals surface area contributed by atoms with Crippen molar-refractivity contribution in [2.45, 2.75) is 54.8 Å². The van der Waals surface area contributed by atoms with Crippen LogP contribution in [0.1, 0.15) is 52.7 Å². The summed E-state index contributed by atoms with van der Waals surface area (Å²) in [4.78, 5) is 0. The molecule has 0 heterocycles. The van der Waals surface area contributed by atoms with Gasteiger partial charge in [-0.25, -0.2) is 0 Å². The van der Waals surface area contributed by atoms with Crippen LogP contribution in [0, 0.1) is 0 Å². The summed E-state index contributed by atoms with van der Waals surface area (Å²) in [7, 11) is 3.40. The van der Waals surface area contributed by atoms with Crippen molar-refractivity contribution in [1.82, 2.24) is 8.97 Å². The Labute approximate surface area is 322 Å². The van der Waals surface area contributed by atoms with Crippen LogP contribution < -0.4 is 27.9 Å².